The minimum Gasteiger partial charge on any atom is -0.350 e. The lowest BCUT2D eigenvalue weighted by atomic mass is 10.1. The van der Waals surface area contributed by atoms with E-state index in [1.807, 2.05) is 85.1 Å². The van der Waals surface area contributed by atoms with Crippen molar-refractivity contribution in [3.05, 3.63) is 65.9 Å². The fourth-order valence-electron chi connectivity index (χ4n) is 2.90. The molecule has 0 atom stereocenters. The molecule has 0 saturated heterocycles. The molecule has 0 bridgehead atoms. The van der Waals surface area contributed by atoms with E-state index in [2.05, 4.69) is 0 Å². The molecule has 0 aliphatic carbocycles. The van der Waals surface area contributed by atoms with Crippen molar-refractivity contribution in [3.63, 3.8) is 0 Å². The highest BCUT2D eigenvalue weighted by Gasteiger charge is 2.20. The molecule has 2 aromatic carbocycles. The molecule has 3 rings (SSSR count). The van der Waals surface area contributed by atoms with E-state index >= 15 is 0 Å². The number of carbonyl (C=O) groups excluding carboxylic acids is 1. The Morgan fingerprint density at radius 1 is 1.14 bits per heavy atom. The van der Waals surface area contributed by atoms with E-state index in [0.29, 0.717) is 6.54 Å². The molecule has 112 valence electrons. The van der Waals surface area contributed by atoms with Crippen LogP contribution in [-0.4, -0.2) is 17.0 Å². The molecule has 1 aromatic heterocycles. The Labute approximate surface area is 130 Å². The number of hydrogen-bond acceptors (Lipinski definition) is 1. The number of carbonyl (C=O) groups is 1. The summed E-state index contributed by atoms with van der Waals surface area (Å²) in [5.74, 6) is 0.0462. The first-order chi connectivity index (χ1) is 10.6. The second-order valence-electron chi connectivity index (χ2n) is 5.56. The minimum absolute atomic E-state index is 0.0462. The Kier molecular flexibility index (Phi) is 3.72. The highest BCUT2D eigenvalue weighted by molar-refractivity contribution is 6.14. The molecule has 1 heterocycles. The second-order valence-corrected chi connectivity index (χ2v) is 5.56. The standard InChI is InChI=1S/C19H20N2O/c1-4-21(15-9-7-8-14(2)12-15)19(22)17-13-20(3)18-11-6-5-10-16(17)18/h5-13H,4H2,1-3H3. The number of aryl methyl sites for hydroxylation is 2. The molecule has 0 aliphatic heterocycles. The Morgan fingerprint density at radius 2 is 1.91 bits per heavy atom. The van der Waals surface area contributed by atoms with Crippen LogP contribution in [0.25, 0.3) is 10.9 Å². The van der Waals surface area contributed by atoms with Gasteiger partial charge in [-0.3, -0.25) is 4.79 Å². The Morgan fingerprint density at radius 3 is 2.64 bits per heavy atom. The zero-order valence-electron chi connectivity index (χ0n) is 13.2. The second kappa shape index (κ2) is 5.68. The van der Waals surface area contributed by atoms with Crippen LogP contribution < -0.4 is 4.90 Å². The van der Waals surface area contributed by atoms with Gasteiger partial charge in [0.15, 0.2) is 0 Å². The van der Waals surface area contributed by atoms with Gasteiger partial charge < -0.3 is 9.47 Å². The number of amides is 1. The van der Waals surface area contributed by atoms with Gasteiger partial charge in [0, 0.05) is 36.4 Å². The molecular formula is C19H20N2O. The fraction of sp³-hybridized carbons (Fsp3) is 0.211. The summed E-state index contributed by atoms with van der Waals surface area (Å²) in [6.07, 6.45) is 1.92. The zero-order chi connectivity index (χ0) is 15.7. The molecule has 22 heavy (non-hydrogen) atoms. The van der Waals surface area contributed by atoms with Gasteiger partial charge in [0.2, 0.25) is 0 Å². The number of nitrogens with zero attached hydrogens (tertiary/aromatic N) is 2. The van der Waals surface area contributed by atoms with Crippen molar-refractivity contribution in [2.45, 2.75) is 13.8 Å². The SMILES string of the molecule is CCN(C(=O)c1cn(C)c2ccccc12)c1cccc(C)c1. The van der Waals surface area contributed by atoms with Crippen molar-refractivity contribution in [1.29, 1.82) is 0 Å². The van der Waals surface area contributed by atoms with Crippen molar-refractivity contribution in [3.8, 4) is 0 Å². The van der Waals surface area contributed by atoms with Crippen LogP contribution >= 0.6 is 0 Å². The maximum atomic E-state index is 13.0. The van der Waals surface area contributed by atoms with Gasteiger partial charge in [-0.05, 0) is 37.6 Å². The number of rotatable bonds is 3. The topological polar surface area (TPSA) is 25.2 Å². The first kappa shape index (κ1) is 14.4. The fourth-order valence-corrected chi connectivity index (χ4v) is 2.90. The molecule has 1 amide bonds. The number of fused-ring (bicyclic) bond motifs is 1. The van der Waals surface area contributed by atoms with Gasteiger partial charge in [0.05, 0.1) is 5.56 Å². The highest BCUT2D eigenvalue weighted by atomic mass is 16.2. The summed E-state index contributed by atoms with van der Waals surface area (Å²) in [4.78, 5) is 14.9. The lowest BCUT2D eigenvalue weighted by Crippen LogP contribution is -2.30. The number of benzene rings is 2. The molecule has 3 aromatic rings. The Bertz CT molecular complexity index is 832. The van der Waals surface area contributed by atoms with Gasteiger partial charge in [0.1, 0.15) is 0 Å². The first-order valence-electron chi connectivity index (χ1n) is 7.54. The Balaban J connectivity index is 2.07. The van der Waals surface area contributed by atoms with E-state index < -0.39 is 0 Å². The van der Waals surface area contributed by atoms with Gasteiger partial charge >= 0.3 is 0 Å². The monoisotopic (exact) mass is 292 g/mol. The molecule has 3 nitrogen and oxygen atoms in total. The number of hydrogen-bond donors (Lipinski definition) is 0. The molecule has 0 saturated carbocycles. The summed E-state index contributed by atoms with van der Waals surface area (Å²) in [5.41, 5.74) is 3.93. The number of para-hydroxylation sites is 1. The molecule has 0 N–H and O–H groups in total. The predicted molar refractivity (Wildman–Crippen MR) is 91.4 cm³/mol. The van der Waals surface area contributed by atoms with Gasteiger partial charge in [0.25, 0.3) is 5.91 Å². The number of anilines is 1. The number of aromatic nitrogens is 1. The van der Waals surface area contributed by atoms with E-state index in [1.165, 1.54) is 0 Å². The minimum atomic E-state index is 0.0462. The quantitative estimate of drug-likeness (QED) is 0.712. The van der Waals surface area contributed by atoms with Gasteiger partial charge in [-0.1, -0.05) is 30.3 Å². The van der Waals surface area contributed by atoms with Crippen LogP contribution in [0.15, 0.2) is 54.7 Å². The zero-order valence-corrected chi connectivity index (χ0v) is 13.2. The molecule has 0 radical (unpaired) electrons. The summed E-state index contributed by atoms with van der Waals surface area (Å²) >= 11 is 0. The summed E-state index contributed by atoms with van der Waals surface area (Å²) in [6, 6.07) is 16.1. The Hall–Kier alpha value is -2.55. The van der Waals surface area contributed by atoms with E-state index in [-0.39, 0.29) is 5.91 Å². The van der Waals surface area contributed by atoms with Crippen LogP contribution in [0.4, 0.5) is 5.69 Å². The first-order valence-corrected chi connectivity index (χ1v) is 7.54. The molecule has 3 heteroatoms. The van der Waals surface area contributed by atoms with Crippen LogP contribution in [0.2, 0.25) is 0 Å². The van der Waals surface area contributed by atoms with Crippen LogP contribution in [-0.2, 0) is 7.05 Å². The smallest absolute Gasteiger partial charge is 0.260 e. The highest BCUT2D eigenvalue weighted by Crippen LogP contribution is 2.24. The molecule has 0 unspecified atom stereocenters. The molecule has 0 aliphatic rings. The van der Waals surface area contributed by atoms with Crippen LogP contribution in [0, 0.1) is 6.92 Å². The third-order valence-corrected chi connectivity index (χ3v) is 4.00. The van der Waals surface area contributed by atoms with E-state index in [9.17, 15) is 4.79 Å². The maximum absolute atomic E-state index is 13.0. The van der Waals surface area contributed by atoms with Crippen molar-refractivity contribution < 1.29 is 4.79 Å². The van der Waals surface area contributed by atoms with Crippen molar-refractivity contribution in [1.82, 2.24) is 4.57 Å². The van der Waals surface area contributed by atoms with Gasteiger partial charge in [-0.25, -0.2) is 0 Å². The predicted octanol–water partition coefficient (Wildman–Crippen LogP) is 4.15. The van der Waals surface area contributed by atoms with Crippen molar-refractivity contribution in [2.75, 3.05) is 11.4 Å². The van der Waals surface area contributed by atoms with E-state index in [4.69, 9.17) is 0 Å². The maximum Gasteiger partial charge on any atom is 0.260 e. The summed E-state index contributed by atoms with van der Waals surface area (Å²) in [5, 5.41) is 1.00. The van der Waals surface area contributed by atoms with E-state index in [1.54, 1.807) is 0 Å². The lowest BCUT2D eigenvalue weighted by molar-refractivity contribution is 0.0989. The molecular weight excluding hydrogens is 272 g/mol. The largest absolute Gasteiger partial charge is 0.350 e. The normalized spacial score (nSPS) is 10.9. The van der Waals surface area contributed by atoms with Crippen LogP contribution in [0.3, 0.4) is 0 Å². The van der Waals surface area contributed by atoms with Crippen molar-refractivity contribution in [2.24, 2.45) is 7.05 Å². The third kappa shape index (κ3) is 2.39. The van der Waals surface area contributed by atoms with Gasteiger partial charge in [-0.15, -0.1) is 0 Å². The molecule has 0 fully saturated rings. The van der Waals surface area contributed by atoms with Crippen LogP contribution in [0.1, 0.15) is 22.8 Å². The summed E-state index contributed by atoms with van der Waals surface area (Å²) < 4.78 is 2.01. The summed E-state index contributed by atoms with van der Waals surface area (Å²) in [7, 11) is 1.97. The third-order valence-electron chi connectivity index (χ3n) is 4.00. The molecule has 0 spiro atoms. The summed E-state index contributed by atoms with van der Waals surface area (Å²) in [6.45, 7) is 4.69. The lowest BCUT2D eigenvalue weighted by Gasteiger charge is -2.21. The average Bonchev–Trinajstić information content (AvgIpc) is 2.86. The van der Waals surface area contributed by atoms with Gasteiger partial charge in [-0.2, -0.15) is 0 Å². The average molecular weight is 292 g/mol. The van der Waals surface area contributed by atoms with E-state index in [0.717, 1.165) is 27.7 Å². The van der Waals surface area contributed by atoms with Crippen LogP contribution in [0.5, 0.6) is 0 Å². The van der Waals surface area contributed by atoms with Crippen molar-refractivity contribution >= 4 is 22.5 Å².